The Bertz CT molecular complexity index is 1040. The molecule has 0 unspecified atom stereocenters. The molecule has 0 bridgehead atoms. The van der Waals surface area contributed by atoms with Gasteiger partial charge in [0.15, 0.2) is 6.10 Å². The fourth-order valence-electron chi connectivity index (χ4n) is 4.34. The van der Waals surface area contributed by atoms with E-state index in [0.717, 1.165) is 47.3 Å². The molecule has 1 aromatic carbocycles. The first kappa shape index (κ1) is 21.6. The van der Waals surface area contributed by atoms with Crippen molar-refractivity contribution in [3.8, 4) is 0 Å². The number of amides is 1. The molecule has 1 aliphatic carbocycles. The highest BCUT2D eigenvalue weighted by Crippen LogP contribution is 2.41. The summed E-state index contributed by atoms with van der Waals surface area (Å²) in [5, 5.41) is 3.37. The quantitative estimate of drug-likeness (QED) is 0.693. The first-order valence-electron chi connectivity index (χ1n) is 10.8. The third-order valence-electron chi connectivity index (χ3n) is 6.09. The lowest BCUT2D eigenvalue weighted by Crippen LogP contribution is -2.38. The lowest BCUT2D eigenvalue weighted by molar-refractivity contribution is -0.125. The number of hydrogen-bond acceptors (Lipinski definition) is 6. The number of carbonyl (C=O) groups excluding carboxylic acids is 3. The van der Waals surface area contributed by atoms with Gasteiger partial charge >= 0.3 is 11.9 Å². The zero-order valence-electron chi connectivity index (χ0n) is 18.1. The van der Waals surface area contributed by atoms with Gasteiger partial charge in [0, 0.05) is 11.3 Å². The van der Waals surface area contributed by atoms with Gasteiger partial charge in [0.05, 0.1) is 17.7 Å². The average Bonchev–Trinajstić information content (AvgIpc) is 3.11. The molecule has 0 radical (unpaired) electrons. The smallest absolute Gasteiger partial charge is 0.341 e. The minimum atomic E-state index is -0.930. The number of nitrogens with one attached hydrogen (secondary N) is 1. The van der Waals surface area contributed by atoms with Crippen molar-refractivity contribution in [3.05, 3.63) is 50.9 Å². The highest BCUT2D eigenvalue weighted by atomic mass is 32.1. The number of aryl methyl sites for hydroxylation is 1. The SMILES string of the molecule is CCOC(=O)c1c(NC(=O)[C@H]2Cc3ccc(C)cc3C(=O)O2)sc2c1CC[C@H](CC)C2. The van der Waals surface area contributed by atoms with Gasteiger partial charge in [-0.3, -0.25) is 4.79 Å². The Balaban J connectivity index is 1.59. The van der Waals surface area contributed by atoms with Gasteiger partial charge in [-0.05, 0) is 56.2 Å². The summed E-state index contributed by atoms with van der Waals surface area (Å²) in [4.78, 5) is 39.3. The highest BCUT2D eigenvalue weighted by Gasteiger charge is 2.34. The van der Waals surface area contributed by atoms with Crippen molar-refractivity contribution in [2.75, 3.05) is 11.9 Å². The summed E-state index contributed by atoms with van der Waals surface area (Å²) in [6, 6.07) is 5.56. The number of carbonyl (C=O) groups is 3. The number of benzene rings is 1. The molecule has 1 aromatic heterocycles. The van der Waals surface area contributed by atoms with Crippen LogP contribution in [0.5, 0.6) is 0 Å². The standard InChI is InChI=1S/C24H27NO5S/c1-4-14-7-9-16-19(11-14)31-22(20(16)24(28)29-5-2)25-21(26)18-12-15-8-6-13(3)10-17(15)23(27)30-18/h6,8,10,14,18H,4-5,7,9,11-12H2,1-3H3,(H,25,26)/t14-,18+/m0/s1. The monoisotopic (exact) mass is 441 g/mol. The molecule has 2 atom stereocenters. The van der Waals surface area contributed by atoms with Gasteiger partial charge < -0.3 is 14.8 Å². The summed E-state index contributed by atoms with van der Waals surface area (Å²) in [7, 11) is 0. The minimum absolute atomic E-state index is 0.269. The van der Waals surface area contributed by atoms with Crippen LogP contribution in [0.3, 0.4) is 0 Å². The largest absolute Gasteiger partial charge is 0.462 e. The molecule has 2 heterocycles. The molecule has 0 fully saturated rings. The molecular formula is C24H27NO5S. The van der Waals surface area contributed by atoms with Crippen molar-refractivity contribution in [1.82, 2.24) is 0 Å². The third kappa shape index (κ3) is 4.24. The summed E-state index contributed by atoms with van der Waals surface area (Å²) in [5.74, 6) is -0.738. The number of hydrogen-bond donors (Lipinski definition) is 1. The van der Waals surface area contributed by atoms with E-state index in [1.165, 1.54) is 11.3 Å². The summed E-state index contributed by atoms with van der Waals surface area (Å²) in [6.45, 7) is 6.12. The highest BCUT2D eigenvalue weighted by molar-refractivity contribution is 7.17. The molecular weight excluding hydrogens is 414 g/mol. The predicted octanol–water partition coefficient (Wildman–Crippen LogP) is 4.47. The fourth-order valence-corrected chi connectivity index (χ4v) is 5.69. The number of cyclic esters (lactones) is 1. The maximum atomic E-state index is 13.0. The first-order valence-corrected chi connectivity index (χ1v) is 11.7. The Morgan fingerprint density at radius 1 is 1.26 bits per heavy atom. The van der Waals surface area contributed by atoms with Gasteiger partial charge in [-0.25, -0.2) is 9.59 Å². The van der Waals surface area contributed by atoms with Gasteiger partial charge in [0.25, 0.3) is 5.91 Å². The van der Waals surface area contributed by atoms with Crippen molar-refractivity contribution in [1.29, 1.82) is 0 Å². The number of rotatable bonds is 5. The maximum absolute atomic E-state index is 13.0. The van der Waals surface area contributed by atoms with E-state index in [1.807, 2.05) is 19.1 Å². The minimum Gasteiger partial charge on any atom is -0.462 e. The normalized spacial score (nSPS) is 19.8. The van der Waals surface area contributed by atoms with Gasteiger partial charge in [0.1, 0.15) is 5.00 Å². The zero-order valence-corrected chi connectivity index (χ0v) is 18.9. The lowest BCUT2D eigenvalue weighted by atomic mass is 9.85. The predicted molar refractivity (Wildman–Crippen MR) is 119 cm³/mol. The van der Waals surface area contributed by atoms with Crippen molar-refractivity contribution in [2.45, 2.75) is 59.0 Å². The molecule has 1 amide bonds. The van der Waals surface area contributed by atoms with Crippen LogP contribution in [0.2, 0.25) is 0 Å². The average molecular weight is 442 g/mol. The lowest BCUT2D eigenvalue weighted by Gasteiger charge is -2.24. The molecule has 0 saturated carbocycles. The number of ether oxygens (including phenoxy) is 2. The molecule has 7 heteroatoms. The van der Waals surface area contributed by atoms with Crippen molar-refractivity contribution < 1.29 is 23.9 Å². The Morgan fingerprint density at radius 2 is 2.06 bits per heavy atom. The van der Waals surface area contributed by atoms with Crippen LogP contribution in [0.1, 0.15) is 69.0 Å². The maximum Gasteiger partial charge on any atom is 0.341 e. The van der Waals surface area contributed by atoms with E-state index in [2.05, 4.69) is 12.2 Å². The molecule has 6 nitrogen and oxygen atoms in total. The Labute approximate surface area is 185 Å². The summed E-state index contributed by atoms with van der Waals surface area (Å²) < 4.78 is 10.7. The molecule has 2 aliphatic rings. The van der Waals surface area contributed by atoms with Crippen molar-refractivity contribution in [3.63, 3.8) is 0 Å². The van der Waals surface area contributed by atoms with Crippen LogP contribution in [-0.4, -0.2) is 30.6 Å². The van der Waals surface area contributed by atoms with Crippen LogP contribution < -0.4 is 5.32 Å². The van der Waals surface area contributed by atoms with Crippen LogP contribution in [0, 0.1) is 12.8 Å². The van der Waals surface area contributed by atoms with Crippen LogP contribution in [0.25, 0.3) is 0 Å². The van der Waals surface area contributed by atoms with E-state index in [1.54, 1.807) is 13.0 Å². The van der Waals surface area contributed by atoms with E-state index in [0.29, 0.717) is 28.5 Å². The first-order chi connectivity index (χ1) is 14.9. The van der Waals surface area contributed by atoms with Gasteiger partial charge in [-0.1, -0.05) is 31.0 Å². The van der Waals surface area contributed by atoms with E-state index >= 15 is 0 Å². The van der Waals surface area contributed by atoms with Gasteiger partial charge in [-0.15, -0.1) is 11.3 Å². The van der Waals surface area contributed by atoms with Crippen molar-refractivity contribution >= 4 is 34.2 Å². The van der Waals surface area contributed by atoms with Crippen molar-refractivity contribution in [2.24, 2.45) is 5.92 Å². The van der Waals surface area contributed by atoms with Crippen LogP contribution in [0.4, 0.5) is 5.00 Å². The summed E-state index contributed by atoms with van der Waals surface area (Å²) in [6.07, 6.45) is 3.20. The van der Waals surface area contributed by atoms with Crippen LogP contribution in [0.15, 0.2) is 18.2 Å². The number of esters is 2. The molecule has 2 aromatic rings. The molecule has 0 spiro atoms. The zero-order chi connectivity index (χ0) is 22.1. The molecule has 4 rings (SSSR count). The molecule has 1 aliphatic heterocycles. The fraction of sp³-hybridized carbons (Fsp3) is 0.458. The van der Waals surface area contributed by atoms with E-state index in [4.69, 9.17) is 9.47 Å². The Morgan fingerprint density at radius 3 is 2.81 bits per heavy atom. The van der Waals surface area contributed by atoms with E-state index in [-0.39, 0.29) is 6.61 Å². The second kappa shape index (κ2) is 8.83. The number of anilines is 1. The van der Waals surface area contributed by atoms with E-state index in [9.17, 15) is 14.4 Å². The van der Waals surface area contributed by atoms with E-state index < -0.39 is 23.9 Å². The van der Waals surface area contributed by atoms with Crippen LogP contribution >= 0.6 is 11.3 Å². The molecule has 31 heavy (non-hydrogen) atoms. The van der Waals surface area contributed by atoms with Gasteiger partial charge in [0.2, 0.25) is 0 Å². The summed E-state index contributed by atoms with van der Waals surface area (Å²) >= 11 is 1.44. The topological polar surface area (TPSA) is 81.7 Å². The van der Waals surface area contributed by atoms with Gasteiger partial charge in [-0.2, -0.15) is 0 Å². The molecule has 0 saturated heterocycles. The third-order valence-corrected chi connectivity index (χ3v) is 7.26. The second-order valence-corrected chi connectivity index (χ2v) is 9.30. The number of fused-ring (bicyclic) bond motifs is 2. The van der Waals surface area contributed by atoms with Crippen LogP contribution in [-0.2, 0) is 33.5 Å². The Hall–Kier alpha value is -2.67. The Kier molecular flexibility index (Phi) is 6.14. The molecule has 164 valence electrons. The number of thiophene rings is 1. The molecule has 1 N–H and O–H groups in total. The summed E-state index contributed by atoms with van der Waals surface area (Å²) in [5.41, 5.74) is 3.72. The second-order valence-electron chi connectivity index (χ2n) is 8.19.